The first-order valence-corrected chi connectivity index (χ1v) is 6.10. The van der Waals surface area contributed by atoms with Gasteiger partial charge in [-0.15, -0.1) is 0 Å². The highest BCUT2D eigenvalue weighted by Crippen LogP contribution is 2.25. The van der Waals surface area contributed by atoms with E-state index in [0.29, 0.717) is 19.1 Å². The molecule has 0 saturated heterocycles. The Balaban J connectivity index is 2.45. The second kappa shape index (κ2) is 5.64. The van der Waals surface area contributed by atoms with Gasteiger partial charge >= 0.3 is 5.97 Å². The molecular formula is C12H23NO3. The molecule has 16 heavy (non-hydrogen) atoms. The molecule has 1 aliphatic carbocycles. The molecule has 1 aliphatic rings. The highest BCUT2D eigenvalue weighted by Gasteiger charge is 2.39. The largest absolute Gasteiger partial charge is 0.480 e. The Hall–Kier alpha value is -0.610. The summed E-state index contributed by atoms with van der Waals surface area (Å²) in [5, 5.41) is 12.5. The van der Waals surface area contributed by atoms with E-state index < -0.39 is 11.5 Å². The molecule has 0 spiro atoms. The highest BCUT2D eigenvalue weighted by molar-refractivity contribution is 5.78. The zero-order chi connectivity index (χ0) is 12.2. The van der Waals surface area contributed by atoms with Crippen molar-refractivity contribution < 1.29 is 14.6 Å². The van der Waals surface area contributed by atoms with Crippen molar-refractivity contribution in [2.24, 2.45) is 0 Å². The van der Waals surface area contributed by atoms with Gasteiger partial charge in [0.2, 0.25) is 0 Å². The lowest BCUT2D eigenvalue weighted by atomic mass is 9.94. The van der Waals surface area contributed by atoms with Crippen LogP contribution in [0.5, 0.6) is 0 Å². The smallest absolute Gasteiger partial charge is 0.323 e. The quantitative estimate of drug-likeness (QED) is 0.666. The van der Waals surface area contributed by atoms with Gasteiger partial charge in [-0.3, -0.25) is 10.1 Å². The zero-order valence-electron chi connectivity index (χ0n) is 10.5. The van der Waals surface area contributed by atoms with Crippen molar-refractivity contribution in [3.05, 3.63) is 0 Å². The number of carbonyl (C=O) groups is 1. The molecule has 0 amide bonds. The van der Waals surface area contributed by atoms with Crippen LogP contribution in [0.4, 0.5) is 0 Å². The van der Waals surface area contributed by atoms with Crippen molar-refractivity contribution in [1.29, 1.82) is 0 Å². The monoisotopic (exact) mass is 229 g/mol. The predicted octanol–water partition coefficient (Wildman–Crippen LogP) is 1.79. The molecule has 2 N–H and O–H groups in total. The summed E-state index contributed by atoms with van der Waals surface area (Å²) in [6.07, 6.45) is 3.63. The van der Waals surface area contributed by atoms with Crippen LogP contribution in [0.3, 0.4) is 0 Å². The Morgan fingerprint density at radius 3 is 2.69 bits per heavy atom. The van der Waals surface area contributed by atoms with E-state index >= 15 is 0 Å². The first kappa shape index (κ1) is 13.5. The minimum absolute atomic E-state index is 0.0210. The number of carboxylic acids is 1. The molecule has 4 heteroatoms. The third-order valence-electron chi connectivity index (χ3n) is 2.87. The lowest BCUT2D eigenvalue weighted by Crippen LogP contribution is -2.52. The van der Waals surface area contributed by atoms with Crippen LogP contribution in [0.15, 0.2) is 0 Å². The molecule has 2 unspecified atom stereocenters. The van der Waals surface area contributed by atoms with Gasteiger partial charge in [0, 0.05) is 19.1 Å². The molecule has 1 saturated carbocycles. The summed E-state index contributed by atoms with van der Waals surface area (Å²) in [7, 11) is 0. The Bertz CT molecular complexity index is 240. The molecule has 1 fully saturated rings. The minimum atomic E-state index is -0.853. The summed E-state index contributed by atoms with van der Waals surface area (Å²) in [6, 6.07) is 0.388. The van der Waals surface area contributed by atoms with Crippen LogP contribution in [-0.4, -0.2) is 35.4 Å². The molecule has 4 nitrogen and oxygen atoms in total. The fourth-order valence-electron chi connectivity index (χ4n) is 1.84. The summed E-state index contributed by atoms with van der Waals surface area (Å²) in [4.78, 5) is 11.3. The summed E-state index contributed by atoms with van der Waals surface area (Å²) in [5.41, 5.74) is -0.853. The molecule has 94 valence electrons. The first-order valence-electron chi connectivity index (χ1n) is 6.10. The van der Waals surface area contributed by atoms with Gasteiger partial charge in [0.1, 0.15) is 5.54 Å². The van der Waals surface area contributed by atoms with Gasteiger partial charge < -0.3 is 9.84 Å². The van der Waals surface area contributed by atoms with E-state index in [1.165, 1.54) is 0 Å². The van der Waals surface area contributed by atoms with Gasteiger partial charge in [0.25, 0.3) is 0 Å². The Morgan fingerprint density at radius 2 is 2.25 bits per heavy atom. The Kier molecular flexibility index (Phi) is 4.74. The first-order chi connectivity index (χ1) is 7.48. The number of ether oxygens (including phenoxy) is 1. The van der Waals surface area contributed by atoms with E-state index in [1.807, 2.05) is 13.8 Å². The van der Waals surface area contributed by atoms with E-state index in [4.69, 9.17) is 4.74 Å². The number of hydrogen-bond donors (Lipinski definition) is 2. The van der Waals surface area contributed by atoms with Crippen LogP contribution in [0.2, 0.25) is 0 Å². The Labute approximate surface area is 97.4 Å². The van der Waals surface area contributed by atoms with Crippen molar-refractivity contribution in [2.45, 2.75) is 64.1 Å². The standard InChI is InChI=1S/C12H23NO3/c1-4-7-16-9(2)8-12(3,11(14)15)13-10-5-6-10/h9-10,13H,4-8H2,1-3H3,(H,14,15). The second-order valence-electron chi connectivity index (χ2n) is 4.94. The topological polar surface area (TPSA) is 58.6 Å². The number of rotatable bonds is 8. The SMILES string of the molecule is CCCOC(C)CC(C)(NC1CC1)C(=O)O. The van der Waals surface area contributed by atoms with Crippen LogP contribution < -0.4 is 5.32 Å². The van der Waals surface area contributed by atoms with Crippen molar-refractivity contribution in [2.75, 3.05) is 6.61 Å². The summed E-state index contributed by atoms with van der Waals surface area (Å²) in [5.74, 6) is -0.786. The average molecular weight is 229 g/mol. The average Bonchev–Trinajstić information content (AvgIpc) is 2.98. The van der Waals surface area contributed by atoms with Gasteiger partial charge in [-0.2, -0.15) is 0 Å². The normalized spacial score (nSPS) is 21.4. The maximum atomic E-state index is 11.3. The number of carboxylic acid groups (broad SMARTS) is 1. The van der Waals surface area contributed by atoms with Crippen LogP contribution in [0, 0.1) is 0 Å². The van der Waals surface area contributed by atoms with E-state index in [2.05, 4.69) is 5.32 Å². The lowest BCUT2D eigenvalue weighted by molar-refractivity contribution is -0.146. The summed E-state index contributed by atoms with van der Waals surface area (Å²) >= 11 is 0. The third-order valence-corrected chi connectivity index (χ3v) is 2.87. The van der Waals surface area contributed by atoms with Gasteiger partial charge in [0.15, 0.2) is 0 Å². The second-order valence-corrected chi connectivity index (χ2v) is 4.94. The van der Waals surface area contributed by atoms with Gasteiger partial charge in [-0.1, -0.05) is 6.92 Å². The van der Waals surface area contributed by atoms with Crippen LogP contribution >= 0.6 is 0 Å². The maximum absolute atomic E-state index is 11.3. The van der Waals surface area contributed by atoms with E-state index in [1.54, 1.807) is 6.92 Å². The van der Waals surface area contributed by atoms with Gasteiger partial charge in [-0.05, 0) is 33.1 Å². The highest BCUT2D eigenvalue weighted by atomic mass is 16.5. The van der Waals surface area contributed by atoms with Gasteiger partial charge in [0.05, 0.1) is 6.10 Å². The van der Waals surface area contributed by atoms with E-state index in [9.17, 15) is 9.90 Å². The van der Waals surface area contributed by atoms with E-state index in [-0.39, 0.29) is 6.10 Å². The third kappa shape index (κ3) is 4.10. The fraction of sp³-hybridized carbons (Fsp3) is 0.917. The fourth-order valence-corrected chi connectivity index (χ4v) is 1.84. The van der Waals surface area contributed by atoms with Crippen molar-refractivity contribution in [3.8, 4) is 0 Å². The van der Waals surface area contributed by atoms with Crippen LogP contribution in [0.1, 0.15) is 46.5 Å². The van der Waals surface area contributed by atoms with Crippen molar-refractivity contribution >= 4 is 5.97 Å². The van der Waals surface area contributed by atoms with Gasteiger partial charge in [-0.25, -0.2) is 0 Å². The molecule has 0 aliphatic heterocycles. The summed E-state index contributed by atoms with van der Waals surface area (Å²) < 4.78 is 5.54. The zero-order valence-corrected chi connectivity index (χ0v) is 10.5. The molecule has 0 aromatic rings. The molecule has 0 aromatic carbocycles. The molecule has 0 radical (unpaired) electrons. The van der Waals surface area contributed by atoms with Crippen LogP contribution in [0.25, 0.3) is 0 Å². The molecule has 2 atom stereocenters. The molecular weight excluding hydrogens is 206 g/mol. The predicted molar refractivity (Wildman–Crippen MR) is 62.5 cm³/mol. The number of hydrogen-bond acceptors (Lipinski definition) is 3. The molecule has 1 rings (SSSR count). The van der Waals surface area contributed by atoms with Crippen molar-refractivity contribution in [3.63, 3.8) is 0 Å². The van der Waals surface area contributed by atoms with E-state index in [0.717, 1.165) is 19.3 Å². The lowest BCUT2D eigenvalue weighted by Gasteiger charge is -2.29. The minimum Gasteiger partial charge on any atom is -0.480 e. The number of nitrogens with one attached hydrogen (secondary N) is 1. The number of aliphatic carboxylic acids is 1. The van der Waals surface area contributed by atoms with Crippen molar-refractivity contribution in [1.82, 2.24) is 5.32 Å². The summed E-state index contributed by atoms with van der Waals surface area (Å²) in [6.45, 7) is 6.43. The molecule has 0 heterocycles. The Morgan fingerprint density at radius 1 is 1.62 bits per heavy atom. The van der Waals surface area contributed by atoms with Crippen LogP contribution in [-0.2, 0) is 9.53 Å². The molecule has 0 aromatic heterocycles. The maximum Gasteiger partial charge on any atom is 0.323 e. The molecule has 0 bridgehead atoms.